The summed E-state index contributed by atoms with van der Waals surface area (Å²) in [5.41, 5.74) is 3.53. The predicted molar refractivity (Wildman–Crippen MR) is 72.3 cm³/mol. The fourth-order valence-corrected chi connectivity index (χ4v) is 2.80. The van der Waals surface area contributed by atoms with E-state index in [1.165, 1.54) is 0 Å². The van der Waals surface area contributed by atoms with Crippen LogP contribution in [0.2, 0.25) is 0 Å². The zero-order valence-corrected chi connectivity index (χ0v) is 10.5. The number of nitrogens with zero attached hydrogens (tertiary/aromatic N) is 3. The number of fused-ring (bicyclic) bond motifs is 1. The van der Waals surface area contributed by atoms with E-state index in [2.05, 4.69) is 22.1 Å². The van der Waals surface area contributed by atoms with Crippen molar-refractivity contribution in [1.82, 2.24) is 9.97 Å². The molecule has 0 N–H and O–H groups in total. The minimum atomic E-state index is 0.644. The molecule has 0 aliphatic carbocycles. The van der Waals surface area contributed by atoms with Gasteiger partial charge in [0.05, 0.1) is 26.9 Å². The van der Waals surface area contributed by atoms with Crippen LogP contribution in [-0.4, -0.2) is 9.97 Å². The number of rotatable bonds is 1. The van der Waals surface area contributed by atoms with Gasteiger partial charge in [-0.1, -0.05) is 6.07 Å². The van der Waals surface area contributed by atoms with Crippen LogP contribution in [0.15, 0.2) is 36.7 Å². The fraction of sp³-hybridized carbons (Fsp3) is 0.0714. The van der Waals surface area contributed by atoms with Gasteiger partial charge in [-0.15, -0.1) is 11.3 Å². The van der Waals surface area contributed by atoms with Gasteiger partial charge in [-0.25, -0.2) is 4.98 Å². The molecule has 0 aliphatic rings. The summed E-state index contributed by atoms with van der Waals surface area (Å²) in [6.07, 6.45) is 3.37. The van der Waals surface area contributed by atoms with E-state index in [1.807, 2.05) is 19.1 Å². The van der Waals surface area contributed by atoms with Crippen molar-refractivity contribution in [3.8, 4) is 17.2 Å². The average molecular weight is 251 g/mol. The van der Waals surface area contributed by atoms with Crippen molar-refractivity contribution < 1.29 is 0 Å². The van der Waals surface area contributed by atoms with Gasteiger partial charge in [-0.2, -0.15) is 5.26 Å². The molecule has 1 aromatic carbocycles. The van der Waals surface area contributed by atoms with Crippen molar-refractivity contribution in [1.29, 1.82) is 5.26 Å². The summed E-state index contributed by atoms with van der Waals surface area (Å²) in [4.78, 5) is 8.52. The predicted octanol–water partition coefficient (Wildman–Crippen LogP) is 3.54. The summed E-state index contributed by atoms with van der Waals surface area (Å²) in [5, 5.41) is 10.2. The second-order valence-electron chi connectivity index (χ2n) is 3.95. The molecule has 4 heteroatoms. The number of pyridine rings is 1. The Bertz CT molecular complexity index is 768. The first kappa shape index (κ1) is 10.9. The molecule has 0 atom stereocenters. The normalized spacial score (nSPS) is 10.4. The molecule has 0 radical (unpaired) electrons. The van der Waals surface area contributed by atoms with Gasteiger partial charge < -0.3 is 0 Å². The topological polar surface area (TPSA) is 49.6 Å². The molecule has 0 spiro atoms. The number of benzene rings is 1. The lowest BCUT2D eigenvalue weighted by atomic mass is 10.0. The van der Waals surface area contributed by atoms with Crippen LogP contribution >= 0.6 is 11.3 Å². The molecular weight excluding hydrogens is 242 g/mol. The molecule has 0 saturated heterocycles. The van der Waals surface area contributed by atoms with Crippen LogP contribution in [0.25, 0.3) is 21.3 Å². The maximum absolute atomic E-state index is 9.11. The first-order valence-corrected chi connectivity index (χ1v) is 6.31. The third kappa shape index (κ3) is 1.75. The summed E-state index contributed by atoms with van der Waals surface area (Å²) in [6, 6.07) is 9.97. The van der Waals surface area contributed by atoms with Gasteiger partial charge in [0.1, 0.15) is 0 Å². The lowest BCUT2D eigenvalue weighted by Crippen LogP contribution is -1.85. The van der Waals surface area contributed by atoms with E-state index in [0.29, 0.717) is 5.56 Å². The second-order valence-corrected chi connectivity index (χ2v) is 5.18. The standard InChI is InChI=1S/C14H9N3S/c1-9-17-13-3-2-10(6-14(13)18-9)12-8-16-5-4-11(12)7-15/h2-6,8H,1H3. The molecule has 0 saturated carbocycles. The van der Waals surface area contributed by atoms with Gasteiger partial charge in [-0.05, 0) is 30.7 Å². The first-order chi connectivity index (χ1) is 8.78. The Labute approximate surface area is 108 Å². The SMILES string of the molecule is Cc1nc2ccc(-c3cnccc3C#N)cc2s1. The van der Waals surface area contributed by atoms with E-state index in [9.17, 15) is 0 Å². The monoisotopic (exact) mass is 251 g/mol. The molecule has 0 fully saturated rings. The lowest BCUT2D eigenvalue weighted by molar-refractivity contribution is 1.31. The Hall–Kier alpha value is -2.25. The van der Waals surface area contributed by atoms with Gasteiger partial charge in [0.25, 0.3) is 0 Å². The smallest absolute Gasteiger partial charge is 0.0999 e. The maximum atomic E-state index is 9.11. The molecule has 0 bridgehead atoms. The Morgan fingerprint density at radius 2 is 2.17 bits per heavy atom. The highest BCUT2D eigenvalue weighted by molar-refractivity contribution is 7.18. The minimum Gasteiger partial charge on any atom is -0.264 e. The van der Waals surface area contributed by atoms with Gasteiger partial charge in [-0.3, -0.25) is 4.98 Å². The van der Waals surface area contributed by atoms with Crippen LogP contribution in [0.3, 0.4) is 0 Å². The summed E-state index contributed by atoms with van der Waals surface area (Å²) in [5.74, 6) is 0. The average Bonchev–Trinajstić information content (AvgIpc) is 2.77. The third-order valence-corrected chi connectivity index (χ3v) is 3.68. The zero-order chi connectivity index (χ0) is 12.5. The summed E-state index contributed by atoms with van der Waals surface area (Å²) in [6.45, 7) is 2.00. The van der Waals surface area contributed by atoms with Crippen LogP contribution in [0.4, 0.5) is 0 Å². The summed E-state index contributed by atoms with van der Waals surface area (Å²) in [7, 11) is 0. The van der Waals surface area contributed by atoms with E-state index in [4.69, 9.17) is 5.26 Å². The molecule has 18 heavy (non-hydrogen) atoms. The molecule has 3 aromatic rings. The van der Waals surface area contributed by atoms with Gasteiger partial charge in [0.2, 0.25) is 0 Å². The second kappa shape index (κ2) is 4.21. The van der Waals surface area contributed by atoms with Gasteiger partial charge >= 0.3 is 0 Å². The number of nitriles is 1. The first-order valence-electron chi connectivity index (χ1n) is 5.49. The van der Waals surface area contributed by atoms with Crippen molar-refractivity contribution in [3.63, 3.8) is 0 Å². The van der Waals surface area contributed by atoms with E-state index >= 15 is 0 Å². The van der Waals surface area contributed by atoms with E-state index in [1.54, 1.807) is 29.8 Å². The number of hydrogen-bond donors (Lipinski definition) is 0. The largest absolute Gasteiger partial charge is 0.264 e. The van der Waals surface area contributed by atoms with Crippen LogP contribution < -0.4 is 0 Å². The number of thiazole rings is 1. The summed E-state index contributed by atoms with van der Waals surface area (Å²) >= 11 is 1.66. The Morgan fingerprint density at radius 3 is 3.00 bits per heavy atom. The molecule has 86 valence electrons. The molecule has 3 rings (SSSR count). The Kier molecular flexibility index (Phi) is 2.54. The van der Waals surface area contributed by atoms with Crippen LogP contribution in [0, 0.1) is 18.3 Å². The van der Waals surface area contributed by atoms with E-state index in [-0.39, 0.29) is 0 Å². The van der Waals surface area contributed by atoms with Crippen LogP contribution in [-0.2, 0) is 0 Å². The number of hydrogen-bond acceptors (Lipinski definition) is 4. The highest BCUT2D eigenvalue weighted by Gasteiger charge is 2.07. The van der Waals surface area contributed by atoms with E-state index < -0.39 is 0 Å². The zero-order valence-electron chi connectivity index (χ0n) is 9.71. The lowest BCUT2D eigenvalue weighted by Gasteiger charge is -2.02. The molecule has 2 heterocycles. The number of aromatic nitrogens is 2. The molecular formula is C14H9N3S. The Morgan fingerprint density at radius 1 is 1.28 bits per heavy atom. The van der Waals surface area contributed by atoms with Crippen molar-refractivity contribution >= 4 is 21.6 Å². The molecule has 3 nitrogen and oxygen atoms in total. The molecule has 0 amide bonds. The maximum Gasteiger partial charge on any atom is 0.0999 e. The molecule has 0 unspecified atom stereocenters. The quantitative estimate of drug-likeness (QED) is 0.664. The van der Waals surface area contributed by atoms with E-state index in [0.717, 1.165) is 26.4 Å². The Balaban J connectivity index is 2.22. The van der Waals surface area contributed by atoms with Crippen molar-refractivity contribution in [3.05, 3.63) is 47.2 Å². The van der Waals surface area contributed by atoms with Crippen molar-refractivity contribution in [2.24, 2.45) is 0 Å². The highest BCUT2D eigenvalue weighted by Crippen LogP contribution is 2.29. The number of aryl methyl sites for hydroxylation is 1. The van der Waals surface area contributed by atoms with Gasteiger partial charge in [0.15, 0.2) is 0 Å². The minimum absolute atomic E-state index is 0.644. The fourth-order valence-electron chi connectivity index (χ4n) is 1.93. The van der Waals surface area contributed by atoms with Crippen LogP contribution in [0.1, 0.15) is 10.6 Å². The van der Waals surface area contributed by atoms with Gasteiger partial charge in [0, 0.05) is 18.0 Å². The van der Waals surface area contributed by atoms with Crippen LogP contribution in [0.5, 0.6) is 0 Å². The summed E-state index contributed by atoms with van der Waals surface area (Å²) < 4.78 is 1.14. The van der Waals surface area contributed by atoms with Crippen molar-refractivity contribution in [2.45, 2.75) is 6.92 Å². The highest BCUT2D eigenvalue weighted by atomic mass is 32.1. The molecule has 2 aromatic heterocycles. The van der Waals surface area contributed by atoms with Crippen molar-refractivity contribution in [2.75, 3.05) is 0 Å². The molecule has 0 aliphatic heterocycles. The third-order valence-electron chi connectivity index (χ3n) is 2.75.